The molecule has 18 heavy (non-hydrogen) atoms. The summed E-state index contributed by atoms with van der Waals surface area (Å²) in [6.07, 6.45) is 2.17. The Morgan fingerprint density at radius 3 is 3.06 bits per heavy atom. The van der Waals surface area contributed by atoms with Crippen molar-refractivity contribution < 1.29 is 4.74 Å². The van der Waals surface area contributed by atoms with Crippen LogP contribution in [0.15, 0.2) is 10.9 Å². The van der Waals surface area contributed by atoms with Crippen LogP contribution in [0, 0.1) is 13.8 Å². The topological polar surface area (TPSA) is 61.4 Å². The van der Waals surface area contributed by atoms with Crippen LogP contribution in [-0.2, 0) is 11.3 Å². The van der Waals surface area contributed by atoms with Gasteiger partial charge in [0, 0.05) is 18.4 Å². The Bertz CT molecular complexity index is 637. The molecule has 0 saturated carbocycles. The van der Waals surface area contributed by atoms with Crippen LogP contribution < -0.4 is 5.69 Å². The zero-order valence-electron chi connectivity index (χ0n) is 10.6. The highest BCUT2D eigenvalue weighted by molar-refractivity contribution is 5.38. The molecule has 0 bridgehead atoms. The first-order valence-electron chi connectivity index (χ1n) is 6.20. The third-order valence-corrected chi connectivity index (χ3v) is 3.26. The largest absolute Gasteiger partial charge is 0.376 e. The lowest BCUT2D eigenvalue weighted by molar-refractivity contribution is 0.0931. The number of aromatic nitrogens is 4. The molecule has 1 saturated heterocycles. The number of ether oxygens (including phenoxy) is 1. The van der Waals surface area contributed by atoms with Crippen molar-refractivity contribution in [1.82, 2.24) is 19.2 Å². The number of hydrogen-bond acceptors (Lipinski definition) is 4. The van der Waals surface area contributed by atoms with Crippen molar-refractivity contribution in [2.75, 3.05) is 6.61 Å². The molecule has 0 amide bonds. The molecule has 6 nitrogen and oxygen atoms in total. The van der Waals surface area contributed by atoms with Gasteiger partial charge in [-0.2, -0.15) is 0 Å². The predicted octanol–water partition coefficient (Wildman–Crippen LogP) is 0.687. The summed E-state index contributed by atoms with van der Waals surface area (Å²) in [5.41, 5.74) is 1.39. The summed E-state index contributed by atoms with van der Waals surface area (Å²) in [4.78, 5) is 16.5. The van der Waals surface area contributed by atoms with Crippen LogP contribution in [0.25, 0.3) is 5.65 Å². The minimum Gasteiger partial charge on any atom is -0.376 e. The van der Waals surface area contributed by atoms with E-state index >= 15 is 0 Å². The van der Waals surface area contributed by atoms with E-state index < -0.39 is 0 Å². The molecule has 3 heterocycles. The highest BCUT2D eigenvalue weighted by atomic mass is 16.5. The average Bonchev–Trinajstić information content (AvgIpc) is 2.88. The fourth-order valence-electron chi connectivity index (χ4n) is 2.45. The Kier molecular flexibility index (Phi) is 2.66. The van der Waals surface area contributed by atoms with Crippen molar-refractivity contribution in [3.63, 3.8) is 0 Å². The van der Waals surface area contributed by atoms with E-state index in [9.17, 15) is 4.79 Å². The molecular formula is C12H16N4O2. The molecule has 1 unspecified atom stereocenters. The maximum absolute atomic E-state index is 12.2. The monoisotopic (exact) mass is 248 g/mol. The SMILES string of the molecule is Cc1cc2nn(CC3CCCO3)c(=O)n2c(C)n1. The highest BCUT2D eigenvalue weighted by Crippen LogP contribution is 2.13. The van der Waals surface area contributed by atoms with Crippen LogP contribution in [-0.4, -0.2) is 31.9 Å². The van der Waals surface area contributed by atoms with Gasteiger partial charge in [-0.3, -0.25) is 0 Å². The Balaban J connectivity index is 2.05. The van der Waals surface area contributed by atoms with Gasteiger partial charge in [0.05, 0.1) is 12.6 Å². The molecule has 1 atom stereocenters. The third-order valence-electron chi connectivity index (χ3n) is 3.26. The Hall–Kier alpha value is -1.69. The van der Waals surface area contributed by atoms with Crippen molar-refractivity contribution in [3.05, 3.63) is 28.1 Å². The van der Waals surface area contributed by atoms with E-state index in [1.807, 2.05) is 19.9 Å². The van der Waals surface area contributed by atoms with E-state index in [4.69, 9.17) is 4.74 Å². The van der Waals surface area contributed by atoms with Gasteiger partial charge in [-0.1, -0.05) is 0 Å². The summed E-state index contributed by atoms with van der Waals surface area (Å²) in [5, 5.41) is 4.34. The maximum Gasteiger partial charge on any atom is 0.351 e. The number of nitrogens with zero attached hydrogens (tertiary/aromatic N) is 4. The van der Waals surface area contributed by atoms with Crippen molar-refractivity contribution >= 4 is 5.65 Å². The van der Waals surface area contributed by atoms with Crippen LogP contribution in [0.4, 0.5) is 0 Å². The van der Waals surface area contributed by atoms with Crippen molar-refractivity contribution in [2.45, 2.75) is 39.3 Å². The number of hydrogen-bond donors (Lipinski definition) is 0. The summed E-state index contributed by atoms with van der Waals surface area (Å²) >= 11 is 0. The molecule has 2 aromatic heterocycles. The van der Waals surface area contributed by atoms with E-state index in [2.05, 4.69) is 10.1 Å². The fraction of sp³-hybridized carbons (Fsp3) is 0.583. The molecule has 6 heteroatoms. The van der Waals surface area contributed by atoms with Gasteiger partial charge in [-0.15, -0.1) is 5.10 Å². The smallest absolute Gasteiger partial charge is 0.351 e. The molecule has 0 aliphatic carbocycles. The molecule has 3 rings (SSSR count). The van der Waals surface area contributed by atoms with E-state index in [1.54, 1.807) is 4.40 Å². The first-order valence-corrected chi connectivity index (χ1v) is 6.20. The predicted molar refractivity (Wildman–Crippen MR) is 65.7 cm³/mol. The molecular weight excluding hydrogens is 232 g/mol. The number of fused-ring (bicyclic) bond motifs is 1. The molecule has 0 spiro atoms. The fourth-order valence-corrected chi connectivity index (χ4v) is 2.45. The van der Waals surface area contributed by atoms with Crippen LogP contribution >= 0.6 is 0 Å². The van der Waals surface area contributed by atoms with Gasteiger partial charge in [0.25, 0.3) is 0 Å². The van der Waals surface area contributed by atoms with Gasteiger partial charge in [-0.05, 0) is 26.7 Å². The average molecular weight is 248 g/mol. The Labute approximate surface area is 104 Å². The number of aryl methyl sites for hydroxylation is 2. The highest BCUT2D eigenvalue weighted by Gasteiger charge is 2.19. The van der Waals surface area contributed by atoms with Crippen LogP contribution in [0.1, 0.15) is 24.4 Å². The van der Waals surface area contributed by atoms with Gasteiger partial charge in [0.1, 0.15) is 5.82 Å². The second-order valence-electron chi connectivity index (χ2n) is 4.74. The first kappa shape index (κ1) is 11.4. The second kappa shape index (κ2) is 4.20. The van der Waals surface area contributed by atoms with E-state index in [1.165, 1.54) is 4.68 Å². The summed E-state index contributed by atoms with van der Waals surface area (Å²) < 4.78 is 8.57. The molecule has 0 radical (unpaired) electrons. The lowest BCUT2D eigenvalue weighted by Crippen LogP contribution is -2.27. The van der Waals surface area contributed by atoms with Gasteiger partial charge in [-0.25, -0.2) is 18.9 Å². The summed E-state index contributed by atoms with van der Waals surface area (Å²) in [5.74, 6) is 0.675. The summed E-state index contributed by atoms with van der Waals surface area (Å²) in [6.45, 7) is 5.03. The van der Waals surface area contributed by atoms with E-state index in [0.717, 1.165) is 25.1 Å². The zero-order chi connectivity index (χ0) is 12.7. The molecule has 2 aromatic rings. The van der Waals surface area contributed by atoms with Gasteiger partial charge < -0.3 is 4.74 Å². The molecule has 0 aromatic carbocycles. The van der Waals surface area contributed by atoms with Gasteiger partial charge >= 0.3 is 5.69 Å². The molecule has 1 aliphatic rings. The van der Waals surface area contributed by atoms with E-state index in [0.29, 0.717) is 18.0 Å². The van der Waals surface area contributed by atoms with Crippen LogP contribution in [0.5, 0.6) is 0 Å². The summed E-state index contributed by atoms with van der Waals surface area (Å²) in [6, 6.07) is 1.82. The van der Waals surface area contributed by atoms with Crippen molar-refractivity contribution in [3.8, 4) is 0 Å². The lowest BCUT2D eigenvalue weighted by atomic mass is 10.2. The Morgan fingerprint density at radius 2 is 2.33 bits per heavy atom. The minimum atomic E-state index is -0.134. The number of rotatable bonds is 2. The normalized spacial score (nSPS) is 19.8. The molecule has 96 valence electrons. The standard InChI is InChI=1S/C12H16N4O2/c1-8-6-11-14-15(7-10-4-3-5-18-10)12(17)16(11)9(2)13-8/h6,10H,3-5,7H2,1-2H3. The molecule has 1 fully saturated rings. The maximum atomic E-state index is 12.2. The van der Waals surface area contributed by atoms with Crippen molar-refractivity contribution in [2.24, 2.45) is 0 Å². The third kappa shape index (κ3) is 1.82. The van der Waals surface area contributed by atoms with Gasteiger partial charge in [0.2, 0.25) is 0 Å². The van der Waals surface area contributed by atoms with E-state index in [-0.39, 0.29) is 11.8 Å². The quantitative estimate of drug-likeness (QED) is 0.784. The minimum absolute atomic E-state index is 0.113. The first-order chi connectivity index (χ1) is 8.65. The lowest BCUT2D eigenvalue weighted by Gasteiger charge is -2.06. The van der Waals surface area contributed by atoms with Crippen LogP contribution in [0.2, 0.25) is 0 Å². The molecule has 1 aliphatic heterocycles. The van der Waals surface area contributed by atoms with Gasteiger partial charge in [0.15, 0.2) is 5.65 Å². The van der Waals surface area contributed by atoms with Crippen molar-refractivity contribution in [1.29, 1.82) is 0 Å². The van der Waals surface area contributed by atoms with Crippen LogP contribution in [0.3, 0.4) is 0 Å². The second-order valence-corrected chi connectivity index (χ2v) is 4.74. The zero-order valence-corrected chi connectivity index (χ0v) is 10.6. The summed E-state index contributed by atoms with van der Waals surface area (Å²) in [7, 11) is 0. The molecule has 0 N–H and O–H groups in total. The Morgan fingerprint density at radius 1 is 1.50 bits per heavy atom.